The lowest BCUT2D eigenvalue weighted by atomic mass is 10.3. The molecule has 1 aromatic carbocycles. The Bertz CT molecular complexity index is 867. The van der Waals surface area contributed by atoms with Gasteiger partial charge in [0.2, 0.25) is 10.0 Å². The van der Waals surface area contributed by atoms with Gasteiger partial charge in [0, 0.05) is 0 Å². The van der Waals surface area contributed by atoms with E-state index in [9.17, 15) is 30.9 Å². The highest BCUT2D eigenvalue weighted by atomic mass is 32.2. The van der Waals surface area contributed by atoms with Crippen molar-refractivity contribution in [3.63, 3.8) is 0 Å². The number of hydrogen-bond acceptors (Lipinski definition) is 7. The van der Waals surface area contributed by atoms with Gasteiger partial charge < -0.3 is 13.8 Å². The van der Waals surface area contributed by atoms with E-state index in [1.807, 2.05) is 0 Å². The molecule has 0 heterocycles. The van der Waals surface area contributed by atoms with Crippen LogP contribution in [0.2, 0.25) is 0 Å². The van der Waals surface area contributed by atoms with Crippen molar-refractivity contribution in [2.75, 3.05) is 19.8 Å². The average Bonchev–Trinajstić information content (AvgIpc) is 2.72. The maximum atomic E-state index is 14.5. The maximum Gasteiger partial charge on any atom is 0.430 e. The van der Waals surface area contributed by atoms with Gasteiger partial charge in [-0.1, -0.05) is 44.9 Å². The molecular formula is C19H29F3NO7PS. The van der Waals surface area contributed by atoms with Gasteiger partial charge in [-0.05, 0) is 31.9 Å². The minimum absolute atomic E-state index is 0.198. The molecular weight excluding hydrogens is 474 g/mol. The van der Waals surface area contributed by atoms with Crippen molar-refractivity contribution in [2.24, 2.45) is 0 Å². The van der Waals surface area contributed by atoms with Gasteiger partial charge in [0.05, 0.1) is 24.7 Å². The van der Waals surface area contributed by atoms with Crippen LogP contribution in [0, 0.1) is 0 Å². The number of halogens is 3. The van der Waals surface area contributed by atoms with E-state index in [-0.39, 0.29) is 12.8 Å². The summed E-state index contributed by atoms with van der Waals surface area (Å²) >= 11 is 0. The van der Waals surface area contributed by atoms with E-state index in [1.54, 1.807) is 13.8 Å². The van der Waals surface area contributed by atoms with Gasteiger partial charge in [0.25, 0.3) is 0 Å². The van der Waals surface area contributed by atoms with Gasteiger partial charge in [-0.15, -0.1) is 0 Å². The van der Waals surface area contributed by atoms with Gasteiger partial charge in [0.15, 0.2) is 0 Å². The number of carbonyl (C=O) groups is 1. The Hall–Kier alpha value is -1.46. The Labute approximate surface area is 186 Å². The number of carbonyl (C=O) groups excluding carboxylic acids is 1. The van der Waals surface area contributed by atoms with Gasteiger partial charge in [0.1, 0.15) is 0 Å². The summed E-state index contributed by atoms with van der Waals surface area (Å²) in [6, 6.07) is 6.06. The van der Waals surface area contributed by atoms with Gasteiger partial charge in [-0.25, -0.2) is 13.2 Å². The molecule has 184 valence electrons. The first-order chi connectivity index (χ1) is 14.9. The molecule has 0 bridgehead atoms. The molecule has 0 spiro atoms. The molecule has 0 aromatic heterocycles. The molecule has 0 saturated carbocycles. The second-order valence-corrected chi connectivity index (χ2v) is 10.6. The fourth-order valence-corrected chi connectivity index (χ4v) is 6.34. The van der Waals surface area contributed by atoms with Crippen LogP contribution in [0.3, 0.4) is 0 Å². The lowest BCUT2D eigenvalue weighted by Crippen LogP contribution is -2.64. The number of hydrogen-bond donors (Lipinski definition) is 1. The van der Waals surface area contributed by atoms with Crippen LogP contribution >= 0.6 is 7.60 Å². The highest BCUT2D eigenvalue weighted by Crippen LogP contribution is 2.65. The van der Waals surface area contributed by atoms with E-state index in [0.717, 1.165) is 12.1 Å². The fraction of sp³-hybridized carbons (Fsp3) is 0.632. The van der Waals surface area contributed by atoms with Crippen molar-refractivity contribution in [1.82, 2.24) is 4.72 Å². The molecule has 13 heteroatoms. The average molecular weight is 503 g/mol. The Morgan fingerprint density at radius 1 is 1.00 bits per heavy atom. The highest BCUT2D eigenvalue weighted by molar-refractivity contribution is 7.90. The van der Waals surface area contributed by atoms with Crippen LogP contribution in [0.4, 0.5) is 13.2 Å². The monoisotopic (exact) mass is 503 g/mol. The van der Waals surface area contributed by atoms with Crippen molar-refractivity contribution < 1.29 is 44.7 Å². The molecule has 1 rings (SSSR count). The van der Waals surface area contributed by atoms with Crippen molar-refractivity contribution in [1.29, 1.82) is 0 Å². The van der Waals surface area contributed by atoms with E-state index in [0.29, 0.717) is 12.8 Å². The third kappa shape index (κ3) is 6.54. The molecule has 0 aliphatic rings. The lowest BCUT2D eigenvalue weighted by Gasteiger charge is -2.38. The van der Waals surface area contributed by atoms with Crippen molar-refractivity contribution in [3.05, 3.63) is 30.3 Å². The summed E-state index contributed by atoms with van der Waals surface area (Å²) in [6.07, 6.45) is -4.38. The van der Waals surface area contributed by atoms with Crippen LogP contribution in [-0.4, -0.2) is 45.7 Å². The third-order valence-corrected chi connectivity index (χ3v) is 8.28. The van der Waals surface area contributed by atoms with Crippen LogP contribution in [0.15, 0.2) is 35.2 Å². The van der Waals surface area contributed by atoms with Crippen molar-refractivity contribution in [3.8, 4) is 0 Å². The molecule has 1 unspecified atom stereocenters. The Morgan fingerprint density at radius 2 is 1.50 bits per heavy atom. The molecule has 0 saturated heterocycles. The molecule has 0 amide bonds. The van der Waals surface area contributed by atoms with E-state index < -0.39 is 59.8 Å². The Morgan fingerprint density at radius 3 is 1.91 bits per heavy atom. The second kappa shape index (κ2) is 12.1. The smallest absolute Gasteiger partial charge is 0.430 e. The first-order valence-electron chi connectivity index (χ1n) is 10.1. The number of unbranched alkanes of at least 4 members (excludes halogenated alkanes) is 2. The summed E-state index contributed by atoms with van der Waals surface area (Å²) in [4.78, 5) is 12.2. The first-order valence-corrected chi connectivity index (χ1v) is 13.2. The third-order valence-electron chi connectivity index (χ3n) is 4.25. The summed E-state index contributed by atoms with van der Waals surface area (Å²) < 4.78 is 99.0. The molecule has 1 aromatic rings. The maximum absolute atomic E-state index is 14.5. The molecule has 1 atom stereocenters. The minimum Gasteiger partial charge on any atom is -0.464 e. The first kappa shape index (κ1) is 28.6. The predicted molar refractivity (Wildman–Crippen MR) is 112 cm³/mol. The zero-order valence-corrected chi connectivity index (χ0v) is 19.9. The summed E-state index contributed by atoms with van der Waals surface area (Å²) in [5, 5.41) is -4.30. The lowest BCUT2D eigenvalue weighted by molar-refractivity contribution is -0.194. The summed E-state index contributed by atoms with van der Waals surface area (Å²) in [6.45, 7) is 3.22. The number of sulfonamides is 1. The number of rotatable bonds is 14. The number of nitrogens with one attached hydrogen (secondary N) is 1. The Balaban J connectivity index is 3.75. The van der Waals surface area contributed by atoms with Crippen molar-refractivity contribution >= 4 is 23.6 Å². The van der Waals surface area contributed by atoms with Gasteiger partial charge >= 0.3 is 25.0 Å². The van der Waals surface area contributed by atoms with Gasteiger partial charge in [-0.2, -0.15) is 17.9 Å². The molecule has 1 N–H and O–H groups in total. The zero-order chi connectivity index (χ0) is 24.5. The van der Waals surface area contributed by atoms with E-state index >= 15 is 0 Å². The summed E-state index contributed by atoms with van der Waals surface area (Å²) in [5.74, 6) is -2.12. The standard InChI is InChI=1S/C19H29F3NO7PS/c1-4-7-14-29-31(25,30-15-8-5-2)18(19(20,21)22,17(24)28-6-3)23-32(26,27)16-12-10-9-11-13-16/h9-13,23H,4-8,14-15H2,1-3H3. The Kier molecular flexibility index (Phi) is 10.8. The largest absolute Gasteiger partial charge is 0.464 e. The summed E-state index contributed by atoms with van der Waals surface area (Å²) in [5.41, 5.74) is 0. The van der Waals surface area contributed by atoms with Crippen LogP contribution in [0.1, 0.15) is 46.5 Å². The van der Waals surface area contributed by atoms with Crippen LogP contribution in [0.5, 0.6) is 0 Å². The van der Waals surface area contributed by atoms with Crippen molar-refractivity contribution in [2.45, 2.75) is 62.8 Å². The fourth-order valence-electron chi connectivity index (χ4n) is 2.52. The molecule has 0 aliphatic heterocycles. The highest BCUT2D eigenvalue weighted by Gasteiger charge is 2.76. The SMILES string of the molecule is CCCCOP(=O)(OCCCC)C(NS(=O)(=O)c1ccccc1)(C(=O)OCC)C(F)(F)F. The normalized spacial score (nSPS) is 14.7. The van der Waals surface area contributed by atoms with E-state index in [2.05, 4.69) is 4.74 Å². The van der Waals surface area contributed by atoms with Crippen LogP contribution < -0.4 is 4.72 Å². The number of benzene rings is 1. The number of esters is 1. The molecule has 8 nitrogen and oxygen atoms in total. The molecule has 0 aliphatic carbocycles. The van der Waals surface area contributed by atoms with Gasteiger partial charge in [-0.3, -0.25) is 4.57 Å². The summed E-state index contributed by atoms with van der Waals surface area (Å²) in [7, 11) is -10.5. The second-order valence-electron chi connectivity index (χ2n) is 6.72. The molecule has 0 radical (unpaired) electrons. The zero-order valence-electron chi connectivity index (χ0n) is 18.2. The number of ether oxygens (including phenoxy) is 1. The molecule has 32 heavy (non-hydrogen) atoms. The van der Waals surface area contributed by atoms with E-state index in [4.69, 9.17) is 9.05 Å². The minimum atomic E-state index is -5.73. The number of alkyl halides is 3. The van der Waals surface area contributed by atoms with Crippen LogP contribution in [-0.2, 0) is 33.2 Å². The van der Waals surface area contributed by atoms with E-state index in [1.165, 1.54) is 29.8 Å². The predicted octanol–water partition coefficient (Wildman–Crippen LogP) is 4.61. The molecule has 0 fully saturated rings. The quantitative estimate of drug-likeness (QED) is 0.224. The van der Waals surface area contributed by atoms with Crippen LogP contribution in [0.25, 0.3) is 0 Å². The topological polar surface area (TPSA) is 108 Å².